The molecule has 21 heavy (non-hydrogen) atoms. The number of allylic oxidation sites excluding steroid dienone is 1. The Morgan fingerprint density at radius 1 is 1.29 bits per heavy atom. The van der Waals surface area contributed by atoms with Gasteiger partial charge in [-0.15, -0.1) is 11.3 Å². The van der Waals surface area contributed by atoms with Crippen LogP contribution in [-0.4, -0.2) is 12.4 Å². The lowest BCUT2D eigenvalue weighted by atomic mass is 10.1. The molecule has 1 aromatic carbocycles. The van der Waals surface area contributed by atoms with Gasteiger partial charge in [-0.1, -0.05) is 31.2 Å². The van der Waals surface area contributed by atoms with Crippen molar-refractivity contribution >= 4 is 23.2 Å². The third-order valence-corrected chi connectivity index (χ3v) is 4.60. The van der Waals surface area contributed by atoms with Gasteiger partial charge in [-0.3, -0.25) is 4.79 Å². The predicted molar refractivity (Wildman–Crippen MR) is 87.1 cm³/mol. The molecule has 0 unspecified atom stereocenters. The lowest BCUT2D eigenvalue weighted by Gasteiger charge is -2.15. The van der Waals surface area contributed by atoms with E-state index in [1.54, 1.807) is 17.4 Å². The highest BCUT2D eigenvalue weighted by atomic mass is 32.1. The van der Waals surface area contributed by atoms with E-state index in [9.17, 15) is 4.79 Å². The van der Waals surface area contributed by atoms with E-state index in [0.29, 0.717) is 6.61 Å². The van der Waals surface area contributed by atoms with Crippen LogP contribution in [0.2, 0.25) is 0 Å². The number of rotatable bonds is 4. The Kier molecular flexibility index (Phi) is 4.02. The maximum atomic E-state index is 12.1. The maximum Gasteiger partial charge on any atom is 0.195 e. The van der Waals surface area contributed by atoms with Crippen LogP contribution < -0.4 is 4.74 Å². The summed E-state index contributed by atoms with van der Waals surface area (Å²) in [5, 5.41) is 0. The molecule has 1 aliphatic rings. The highest BCUT2D eigenvalue weighted by Gasteiger charge is 2.10. The SMILES string of the molecule is CCc1ccc(C(=O)/C=C/C2=Cc3ccccc3OC2)s1. The van der Waals surface area contributed by atoms with E-state index in [1.165, 1.54) is 4.88 Å². The van der Waals surface area contributed by atoms with E-state index in [-0.39, 0.29) is 5.78 Å². The Morgan fingerprint density at radius 3 is 2.95 bits per heavy atom. The number of carbonyl (C=O) groups excluding carboxylic acids is 1. The molecule has 0 amide bonds. The summed E-state index contributed by atoms with van der Waals surface area (Å²) in [5.74, 6) is 0.950. The van der Waals surface area contributed by atoms with Gasteiger partial charge >= 0.3 is 0 Å². The van der Waals surface area contributed by atoms with E-state index in [0.717, 1.165) is 28.2 Å². The molecule has 1 aliphatic heterocycles. The second kappa shape index (κ2) is 6.10. The van der Waals surface area contributed by atoms with Gasteiger partial charge in [0.25, 0.3) is 0 Å². The quantitative estimate of drug-likeness (QED) is 0.612. The molecule has 3 heteroatoms. The predicted octanol–water partition coefficient (Wildman–Crippen LogP) is 4.53. The molecule has 0 spiro atoms. The highest BCUT2D eigenvalue weighted by Crippen LogP contribution is 2.26. The summed E-state index contributed by atoms with van der Waals surface area (Å²) in [6, 6.07) is 11.8. The zero-order valence-corrected chi connectivity index (χ0v) is 12.7. The van der Waals surface area contributed by atoms with Crippen LogP contribution in [-0.2, 0) is 6.42 Å². The second-order valence-electron chi connectivity index (χ2n) is 4.86. The first-order valence-corrected chi connectivity index (χ1v) is 7.81. The molecule has 0 saturated heterocycles. The molecule has 2 nitrogen and oxygen atoms in total. The molecular formula is C18H16O2S. The maximum absolute atomic E-state index is 12.1. The summed E-state index contributed by atoms with van der Waals surface area (Å²) in [5.41, 5.74) is 2.06. The minimum absolute atomic E-state index is 0.0551. The third kappa shape index (κ3) is 3.14. The molecule has 0 atom stereocenters. The number of thiophene rings is 1. The molecule has 0 bridgehead atoms. The Morgan fingerprint density at radius 2 is 2.14 bits per heavy atom. The lowest BCUT2D eigenvalue weighted by Crippen LogP contribution is -2.05. The zero-order chi connectivity index (χ0) is 14.7. The number of ketones is 1. The van der Waals surface area contributed by atoms with Crippen LogP contribution in [0.3, 0.4) is 0 Å². The van der Waals surface area contributed by atoms with Gasteiger partial charge < -0.3 is 4.74 Å². The van der Waals surface area contributed by atoms with Crippen molar-refractivity contribution in [3.63, 3.8) is 0 Å². The third-order valence-electron chi connectivity index (χ3n) is 3.36. The van der Waals surface area contributed by atoms with Gasteiger partial charge in [0.05, 0.1) is 4.88 Å². The van der Waals surface area contributed by atoms with E-state index in [2.05, 4.69) is 13.0 Å². The molecule has 0 saturated carbocycles. The van der Waals surface area contributed by atoms with E-state index in [4.69, 9.17) is 4.74 Å². The number of carbonyl (C=O) groups is 1. The van der Waals surface area contributed by atoms with Crippen molar-refractivity contribution in [1.82, 2.24) is 0 Å². The van der Waals surface area contributed by atoms with Crippen LogP contribution in [0, 0.1) is 0 Å². The van der Waals surface area contributed by atoms with Gasteiger partial charge in [-0.2, -0.15) is 0 Å². The first-order chi connectivity index (χ1) is 10.3. The molecule has 0 fully saturated rings. The fourth-order valence-electron chi connectivity index (χ4n) is 2.20. The van der Waals surface area contributed by atoms with Crippen molar-refractivity contribution in [3.8, 4) is 5.75 Å². The van der Waals surface area contributed by atoms with E-state index in [1.807, 2.05) is 42.5 Å². The summed E-state index contributed by atoms with van der Waals surface area (Å²) in [7, 11) is 0. The fraction of sp³-hybridized carbons (Fsp3) is 0.167. The molecule has 0 N–H and O–H groups in total. The van der Waals surface area contributed by atoms with E-state index < -0.39 is 0 Å². The zero-order valence-electron chi connectivity index (χ0n) is 11.8. The Balaban J connectivity index is 1.75. The standard InChI is InChI=1S/C18H16O2S/c1-2-15-8-10-18(21-15)16(19)9-7-13-11-14-5-3-4-6-17(14)20-12-13/h3-11H,2,12H2,1H3/b9-7+. The molecule has 0 aliphatic carbocycles. The summed E-state index contributed by atoms with van der Waals surface area (Å²) >= 11 is 1.56. The number of para-hydroxylation sites is 1. The summed E-state index contributed by atoms with van der Waals surface area (Å²) in [4.78, 5) is 14.1. The van der Waals surface area contributed by atoms with Crippen molar-refractivity contribution in [1.29, 1.82) is 0 Å². The van der Waals surface area contributed by atoms with Gasteiger partial charge in [0.2, 0.25) is 0 Å². The van der Waals surface area contributed by atoms with Crippen LogP contribution >= 0.6 is 11.3 Å². The second-order valence-corrected chi connectivity index (χ2v) is 6.03. The normalized spacial score (nSPS) is 13.7. The lowest BCUT2D eigenvalue weighted by molar-refractivity contribution is 0.105. The molecule has 106 valence electrons. The van der Waals surface area contributed by atoms with Gasteiger partial charge in [-0.25, -0.2) is 0 Å². The molecule has 0 radical (unpaired) electrons. The van der Waals surface area contributed by atoms with Crippen LogP contribution in [0.15, 0.2) is 54.1 Å². The van der Waals surface area contributed by atoms with Gasteiger partial charge in [0.1, 0.15) is 12.4 Å². The number of hydrogen-bond acceptors (Lipinski definition) is 3. The van der Waals surface area contributed by atoms with Gasteiger partial charge in [-0.05, 0) is 42.3 Å². The summed E-state index contributed by atoms with van der Waals surface area (Å²) in [6.45, 7) is 2.60. The number of benzene rings is 1. The first kappa shape index (κ1) is 13.8. The average molecular weight is 296 g/mol. The molecule has 1 aromatic heterocycles. The van der Waals surface area contributed by atoms with Crippen LogP contribution in [0.4, 0.5) is 0 Å². The largest absolute Gasteiger partial charge is 0.488 e. The van der Waals surface area contributed by atoms with E-state index >= 15 is 0 Å². The minimum Gasteiger partial charge on any atom is -0.488 e. The molecule has 2 aromatic rings. The molecule has 2 heterocycles. The number of hydrogen-bond donors (Lipinski definition) is 0. The molecule has 3 rings (SSSR count). The molecular weight excluding hydrogens is 280 g/mol. The number of fused-ring (bicyclic) bond motifs is 1. The van der Waals surface area contributed by atoms with Crippen LogP contribution in [0.25, 0.3) is 6.08 Å². The monoisotopic (exact) mass is 296 g/mol. The van der Waals surface area contributed by atoms with Gasteiger partial charge in [0, 0.05) is 10.4 Å². The fourth-order valence-corrected chi connectivity index (χ4v) is 3.06. The Labute approximate surface area is 128 Å². The number of aryl methyl sites for hydroxylation is 1. The summed E-state index contributed by atoms with van der Waals surface area (Å²) < 4.78 is 5.67. The number of ether oxygens (including phenoxy) is 1. The van der Waals surface area contributed by atoms with Crippen molar-refractivity contribution in [2.45, 2.75) is 13.3 Å². The Hall–Kier alpha value is -2.13. The van der Waals surface area contributed by atoms with Crippen molar-refractivity contribution in [3.05, 3.63) is 69.4 Å². The average Bonchev–Trinajstić information content (AvgIpc) is 3.01. The topological polar surface area (TPSA) is 26.3 Å². The van der Waals surface area contributed by atoms with Crippen molar-refractivity contribution < 1.29 is 9.53 Å². The van der Waals surface area contributed by atoms with Crippen LogP contribution in [0.5, 0.6) is 5.75 Å². The van der Waals surface area contributed by atoms with Crippen molar-refractivity contribution in [2.24, 2.45) is 0 Å². The van der Waals surface area contributed by atoms with Crippen LogP contribution in [0.1, 0.15) is 27.0 Å². The minimum atomic E-state index is 0.0551. The Bertz CT molecular complexity index is 722. The first-order valence-electron chi connectivity index (χ1n) is 7.00. The highest BCUT2D eigenvalue weighted by molar-refractivity contribution is 7.14. The van der Waals surface area contributed by atoms with Crippen molar-refractivity contribution in [2.75, 3.05) is 6.61 Å². The smallest absolute Gasteiger partial charge is 0.195 e. The van der Waals surface area contributed by atoms with Gasteiger partial charge in [0.15, 0.2) is 5.78 Å². The summed E-state index contributed by atoms with van der Waals surface area (Å²) in [6.07, 6.45) is 6.52.